The average molecular weight is 570 g/mol. The third kappa shape index (κ3) is 9.22. The molecule has 0 heterocycles. The number of carbonyl (C=O) groups is 2. The molecule has 39 heavy (non-hydrogen) atoms. The lowest BCUT2D eigenvalue weighted by Crippen LogP contribution is -2.32. The lowest BCUT2D eigenvalue weighted by molar-refractivity contribution is -0.137. The zero-order valence-electron chi connectivity index (χ0n) is 22.1. The first-order valence-corrected chi connectivity index (χ1v) is 15.3. The number of halogens is 1. The van der Waals surface area contributed by atoms with Gasteiger partial charge in [0, 0.05) is 24.1 Å². The summed E-state index contributed by atoms with van der Waals surface area (Å²) in [5.74, 6) is -0.996. The number of nitrogens with zero attached hydrogens (tertiary/aromatic N) is 1. The highest BCUT2D eigenvalue weighted by Gasteiger charge is 2.26. The van der Waals surface area contributed by atoms with E-state index in [9.17, 15) is 18.0 Å². The summed E-state index contributed by atoms with van der Waals surface area (Å²) in [6.45, 7) is 0.337. The molecule has 0 bridgehead atoms. The first-order valence-electron chi connectivity index (χ1n) is 13.5. The Morgan fingerprint density at radius 1 is 0.718 bits per heavy atom. The molecule has 0 atom stereocenters. The highest BCUT2D eigenvalue weighted by molar-refractivity contribution is 7.92. The smallest absolute Gasteiger partial charge is 0.303 e. The van der Waals surface area contributed by atoms with Crippen molar-refractivity contribution in [2.75, 3.05) is 10.8 Å². The van der Waals surface area contributed by atoms with Crippen molar-refractivity contribution in [3.05, 3.63) is 95.0 Å². The first kappa shape index (κ1) is 30.4. The minimum absolute atomic E-state index is 0.0452. The third-order valence-electron chi connectivity index (χ3n) is 6.61. The van der Waals surface area contributed by atoms with Gasteiger partial charge in [-0.2, -0.15) is 0 Å². The van der Waals surface area contributed by atoms with Gasteiger partial charge in [-0.1, -0.05) is 105 Å². The largest absolute Gasteiger partial charge is 0.481 e. The number of hydrogen-bond acceptors (Lipinski definition) is 4. The molecule has 0 fully saturated rings. The Balaban J connectivity index is 1.60. The minimum atomic E-state index is -3.90. The van der Waals surface area contributed by atoms with Crippen molar-refractivity contribution in [2.24, 2.45) is 0 Å². The van der Waals surface area contributed by atoms with Crippen LogP contribution in [-0.4, -0.2) is 31.8 Å². The van der Waals surface area contributed by atoms with Crippen LogP contribution < -0.4 is 4.31 Å². The number of anilines is 1. The number of ketones is 1. The maximum Gasteiger partial charge on any atom is 0.303 e. The van der Waals surface area contributed by atoms with Crippen LogP contribution in [0.15, 0.2) is 83.8 Å². The number of aliphatic carboxylic acids is 1. The number of para-hydroxylation sites is 1. The van der Waals surface area contributed by atoms with Crippen LogP contribution in [0.3, 0.4) is 0 Å². The highest BCUT2D eigenvalue weighted by atomic mass is 35.5. The zero-order valence-corrected chi connectivity index (χ0v) is 23.7. The maximum atomic E-state index is 13.7. The number of benzene rings is 3. The van der Waals surface area contributed by atoms with E-state index in [1.54, 1.807) is 36.4 Å². The second kappa shape index (κ2) is 15.4. The molecule has 3 aromatic rings. The predicted molar refractivity (Wildman–Crippen MR) is 156 cm³/mol. The third-order valence-corrected chi connectivity index (χ3v) is 8.74. The number of rotatable bonds is 17. The van der Waals surface area contributed by atoms with E-state index < -0.39 is 16.0 Å². The van der Waals surface area contributed by atoms with Crippen LogP contribution in [-0.2, 0) is 14.8 Å². The van der Waals surface area contributed by atoms with Crippen molar-refractivity contribution in [3.63, 3.8) is 0 Å². The molecule has 0 aliphatic carbocycles. The quantitative estimate of drug-likeness (QED) is 0.132. The Bertz CT molecular complexity index is 1310. The summed E-state index contributed by atoms with van der Waals surface area (Å²) in [7, 11) is -3.90. The fraction of sp³-hybridized carbons (Fsp3) is 0.355. The Morgan fingerprint density at radius 3 is 1.82 bits per heavy atom. The van der Waals surface area contributed by atoms with E-state index >= 15 is 0 Å². The summed E-state index contributed by atoms with van der Waals surface area (Å²) in [6, 6.07) is 22.0. The molecule has 0 aliphatic rings. The molecule has 0 aromatic heterocycles. The van der Waals surface area contributed by atoms with Gasteiger partial charge < -0.3 is 5.11 Å². The van der Waals surface area contributed by atoms with E-state index in [1.165, 1.54) is 22.5 Å². The van der Waals surface area contributed by atoms with Gasteiger partial charge in [-0.25, -0.2) is 8.42 Å². The number of carboxylic acid groups (broad SMARTS) is 1. The molecule has 0 radical (unpaired) electrons. The van der Waals surface area contributed by atoms with Gasteiger partial charge in [-0.05, 0) is 43.2 Å². The van der Waals surface area contributed by atoms with E-state index in [0.717, 1.165) is 51.4 Å². The van der Waals surface area contributed by atoms with Gasteiger partial charge in [-0.3, -0.25) is 13.9 Å². The van der Waals surface area contributed by atoms with E-state index in [4.69, 9.17) is 16.7 Å². The van der Waals surface area contributed by atoms with Gasteiger partial charge in [0.1, 0.15) is 0 Å². The number of unbranched alkanes of at least 4 members (excludes halogenated alkanes) is 8. The minimum Gasteiger partial charge on any atom is -0.481 e. The van der Waals surface area contributed by atoms with Crippen molar-refractivity contribution >= 4 is 39.1 Å². The summed E-state index contributed by atoms with van der Waals surface area (Å²) in [5.41, 5.74) is 1.33. The van der Waals surface area contributed by atoms with Crippen molar-refractivity contribution in [1.29, 1.82) is 0 Å². The second-order valence-corrected chi connectivity index (χ2v) is 11.8. The molecule has 6 nitrogen and oxygen atoms in total. The standard InChI is InChI=1S/C31H36ClNO5S/c32-29-24-27(21-22-28(29)31(36)25-16-10-8-11-17-25)39(37,38)33(26-18-12-9-13-19-26)23-15-7-5-3-1-2-4-6-14-20-30(34)35/h8-13,16-19,21-22,24H,1-7,14-15,20,23H2,(H,34,35). The lowest BCUT2D eigenvalue weighted by atomic mass is 10.0. The SMILES string of the molecule is O=C(O)CCCCCCCCCCCN(c1ccccc1)S(=O)(=O)c1ccc(C(=O)c2ccccc2)c(Cl)c1. The van der Waals surface area contributed by atoms with E-state index in [0.29, 0.717) is 24.2 Å². The number of carboxylic acids is 1. The molecular formula is C31H36ClNO5S. The van der Waals surface area contributed by atoms with Crippen molar-refractivity contribution < 1.29 is 23.1 Å². The zero-order chi connectivity index (χ0) is 28.1. The van der Waals surface area contributed by atoms with Crippen LogP contribution in [0.2, 0.25) is 5.02 Å². The summed E-state index contributed by atoms with van der Waals surface area (Å²) < 4.78 is 28.8. The fourth-order valence-electron chi connectivity index (χ4n) is 4.46. The van der Waals surface area contributed by atoms with E-state index in [2.05, 4.69) is 0 Å². The Labute approximate surface area is 236 Å². The predicted octanol–water partition coefficient (Wildman–Crippen LogP) is 7.75. The fourth-order valence-corrected chi connectivity index (χ4v) is 6.33. The molecular weight excluding hydrogens is 534 g/mol. The Hall–Kier alpha value is -3.16. The van der Waals surface area contributed by atoms with Crippen LogP contribution in [0, 0.1) is 0 Å². The van der Waals surface area contributed by atoms with Gasteiger partial charge in [-0.15, -0.1) is 0 Å². The molecule has 1 N–H and O–H groups in total. The molecule has 3 rings (SSSR count). The number of carbonyl (C=O) groups excluding carboxylic acids is 1. The maximum absolute atomic E-state index is 13.7. The van der Waals surface area contributed by atoms with Crippen LogP contribution >= 0.6 is 11.6 Å². The molecule has 0 spiro atoms. The average Bonchev–Trinajstić information content (AvgIpc) is 2.94. The van der Waals surface area contributed by atoms with Gasteiger partial charge in [0.15, 0.2) is 5.78 Å². The molecule has 8 heteroatoms. The first-order chi connectivity index (χ1) is 18.8. The van der Waals surface area contributed by atoms with E-state index in [-0.39, 0.29) is 27.7 Å². The summed E-state index contributed by atoms with van der Waals surface area (Å²) in [4.78, 5) is 23.5. The molecule has 0 unspecified atom stereocenters. The van der Waals surface area contributed by atoms with Crippen LogP contribution in [0.1, 0.15) is 80.1 Å². The van der Waals surface area contributed by atoms with Crippen LogP contribution in [0.4, 0.5) is 5.69 Å². The van der Waals surface area contributed by atoms with Gasteiger partial charge >= 0.3 is 5.97 Å². The molecule has 208 valence electrons. The number of hydrogen-bond donors (Lipinski definition) is 1. The van der Waals surface area contributed by atoms with Gasteiger partial charge in [0.05, 0.1) is 15.6 Å². The van der Waals surface area contributed by atoms with Crippen LogP contribution in [0.25, 0.3) is 0 Å². The van der Waals surface area contributed by atoms with Gasteiger partial charge in [0.25, 0.3) is 10.0 Å². The Kier molecular flexibility index (Phi) is 12.0. The van der Waals surface area contributed by atoms with Crippen LogP contribution in [0.5, 0.6) is 0 Å². The second-order valence-electron chi connectivity index (χ2n) is 9.58. The van der Waals surface area contributed by atoms with E-state index in [1.807, 2.05) is 24.3 Å². The topological polar surface area (TPSA) is 91.8 Å². The number of sulfonamides is 1. The Morgan fingerprint density at radius 2 is 1.26 bits per heavy atom. The highest BCUT2D eigenvalue weighted by Crippen LogP contribution is 2.29. The van der Waals surface area contributed by atoms with Crippen molar-refractivity contribution in [3.8, 4) is 0 Å². The molecule has 3 aromatic carbocycles. The summed E-state index contributed by atoms with van der Waals surface area (Å²) >= 11 is 6.43. The molecule has 0 amide bonds. The lowest BCUT2D eigenvalue weighted by Gasteiger charge is -2.25. The summed E-state index contributed by atoms with van der Waals surface area (Å²) in [5, 5.41) is 8.78. The monoisotopic (exact) mass is 569 g/mol. The summed E-state index contributed by atoms with van der Waals surface area (Å²) in [6.07, 6.45) is 8.86. The van der Waals surface area contributed by atoms with Crippen molar-refractivity contribution in [1.82, 2.24) is 0 Å². The molecule has 0 saturated heterocycles. The van der Waals surface area contributed by atoms with Crippen molar-refractivity contribution in [2.45, 2.75) is 69.1 Å². The molecule has 0 saturated carbocycles. The normalized spacial score (nSPS) is 11.3. The van der Waals surface area contributed by atoms with Gasteiger partial charge in [0.2, 0.25) is 0 Å². The molecule has 0 aliphatic heterocycles.